The molecule has 0 radical (unpaired) electrons. The lowest BCUT2D eigenvalue weighted by Crippen LogP contribution is -2.27. The van der Waals surface area contributed by atoms with E-state index in [1.165, 1.54) is 17.5 Å². The van der Waals surface area contributed by atoms with E-state index < -0.39 is 0 Å². The average Bonchev–Trinajstić information content (AvgIpc) is 2.50. The second kappa shape index (κ2) is 9.56. The van der Waals surface area contributed by atoms with Crippen molar-refractivity contribution in [2.24, 2.45) is 10.8 Å². The zero-order valence-electron chi connectivity index (χ0n) is 19.6. The molecule has 156 valence electrons. The van der Waals surface area contributed by atoms with Gasteiger partial charge in [0.05, 0.1) is 18.3 Å². The highest BCUT2D eigenvalue weighted by Crippen LogP contribution is 2.43. The molecule has 27 heavy (non-hydrogen) atoms. The van der Waals surface area contributed by atoms with E-state index in [-0.39, 0.29) is 17.1 Å². The van der Waals surface area contributed by atoms with Crippen molar-refractivity contribution in [1.82, 2.24) is 0 Å². The van der Waals surface area contributed by atoms with Crippen LogP contribution in [0.4, 0.5) is 0 Å². The van der Waals surface area contributed by atoms with E-state index in [0.29, 0.717) is 17.9 Å². The predicted molar refractivity (Wildman–Crippen MR) is 117 cm³/mol. The second-order valence-corrected chi connectivity index (χ2v) is 10.9. The minimum atomic E-state index is -0.171. The third-order valence-electron chi connectivity index (χ3n) is 5.42. The molecular weight excluding hydrogens is 332 g/mol. The molecule has 1 atom stereocenters. The molecule has 0 aliphatic heterocycles. The second-order valence-electron chi connectivity index (χ2n) is 10.9. The highest BCUT2D eigenvalue weighted by molar-refractivity contribution is 5.26. The van der Waals surface area contributed by atoms with Gasteiger partial charge in [-0.1, -0.05) is 65.8 Å². The molecule has 0 fully saturated rings. The van der Waals surface area contributed by atoms with Crippen LogP contribution in [0.25, 0.3) is 0 Å². The van der Waals surface area contributed by atoms with Crippen molar-refractivity contribution in [3.8, 4) is 0 Å². The van der Waals surface area contributed by atoms with Crippen LogP contribution in [-0.4, -0.2) is 18.3 Å². The van der Waals surface area contributed by atoms with E-state index in [4.69, 9.17) is 9.47 Å². The molecule has 0 spiro atoms. The molecule has 0 saturated carbocycles. The van der Waals surface area contributed by atoms with Gasteiger partial charge in [-0.15, -0.1) is 0 Å². The summed E-state index contributed by atoms with van der Waals surface area (Å²) >= 11 is 0. The SMILES string of the molecule is CC(C)OCCC(C)(C)OCc1ccc(C(C)C(C)(C)CC(C)(C)C)cc1. The Bertz CT molecular complexity index is 547. The molecule has 0 N–H and O–H groups in total. The van der Waals surface area contributed by atoms with Gasteiger partial charge in [0.15, 0.2) is 0 Å². The van der Waals surface area contributed by atoms with Crippen molar-refractivity contribution in [3.63, 3.8) is 0 Å². The lowest BCUT2D eigenvalue weighted by molar-refractivity contribution is -0.0563. The zero-order valence-corrected chi connectivity index (χ0v) is 19.6. The number of benzene rings is 1. The molecule has 0 heterocycles. The Morgan fingerprint density at radius 2 is 1.41 bits per heavy atom. The van der Waals surface area contributed by atoms with Gasteiger partial charge >= 0.3 is 0 Å². The van der Waals surface area contributed by atoms with Crippen molar-refractivity contribution >= 4 is 0 Å². The summed E-state index contributed by atoms with van der Waals surface area (Å²) in [4.78, 5) is 0. The Hall–Kier alpha value is -0.860. The van der Waals surface area contributed by atoms with E-state index in [2.05, 4.69) is 93.5 Å². The fraction of sp³-hybridized carbons (Fsp3) is 0.760. The van der Waals surface area contributed by atoms with E-state index >= 15 is 0 Å². The van der Waals surface area contributed by atoms with Gasteiger partial charge in [0.25, 0.3) is 0 Å². The summed E-state index contributed by atoms with van der Waals surface area (Å²) < 4.78 is 11.8. The number of hydrogen-bond donors (Lipinski definition) is 0. The summed E-state index contributed by atoms with van der Waals surface area (Å²) in [7, 11) is 0. The first kappa shape index (κ1) is 24.2. The standard InChI is InChI=1S/C25H44O2/c1-19(2)26-16-15-25(9,10)27-17-21-11-13-22(14-12-21)20(3)24(7,8)18-23(4,5)6/h11-14,19-20H,15-18H2,1-10H3. The topological polar surface area (TPSA) is 18.5 Å². The minimum absolute atomic E-state index is 0.171. The van der Waals surface area contributed by atoms with Crippen molar-refractivity contribution in [2.75, 3.05) is 6.61 Å². The lowest BCUT2D eigenvalue weighted by atomic mass is 9.67. The highest BCUT2D eigenvalue weighted by atomic mass is 16.5. The molecule has 2 heteroatoms. The normalized spacial score (nSPS) is 14.6. The van der Waals surface area contributed by atoms with Crippen LogP contribution in [-0.2, 0) is 16.1 Å². The summed E-state index contributed by atoms with van der Waals surface area (Å²) in [6.07, 6.45) is 2.39. The molecule has 1 unspecified atom stereocenters. The first-order chi connectivity index (χ1) is 12.2. The third-order valence-corrected chi connectivity index (χ3v) is 5.42. The first-order valence-corrected chi connectivity index (χ1v) is 10.6. The molecule has 0 aliphatic rings. The maximum absolute atomic E-state index is 6.15. The van der Waals surface area contributed by atoms with Gasteiger partial charge in [-0.25, -0.2) is 0 Å². The van der Waals surface area contributed by atoms with Crippen LogP contribution >= 0.6 is 0 Å². The fourth-order valence-electron chi connectivity index (χ4n) is 3.76. The van der Waals surface area contributed by atoms with Crippen LogP contribution in [0.3, 0.4) is 0 Å². The molecule has 0 saturated heterocycles. The van der Waals surface area contributed by atoms with Crippen molar-refractivity contribution in [1.29, 1.82) is 0 Å². The quantitative estimate of drug-likeness (QED) is 0.424. The molecule has 1 aromatic carbocycles. The van der Waals surface area contributed by atoms with E-state index in [0.717, 1.165) is 13.0 Å². The van der Waals surface area contributed by atoms with Crippen LogP contribution in [0.2, 0.25) is 0 Å². The van der Waals surface area contributed by atoms with Crippen LogP contribution in [0.1, 0.15) is 99.1 Å². The molecule has 2 nitrogen and oxygen atoms in total. The van der Waals surface area contributed by atoms with E-state index in [9.17, 15) is 0 Å². The molecular formula is C25H44O2. The fourth-order valence-corrected chi connectivity index (χ4v) is 3.76. The summed E-state index contributed by atoms with van der Waals surface area (Å²) in [5, 5.41) is 0. The van der Waals surface area contributed by atoms with E-state index in [1.54, 1.807) is 0 Å². The van der Waals surface area contributed by atoms with Gasteiger partial charge in [0.1, 0.15) is 0 Å². The Morgan fingerprint density at radius 1 is 0.852 bits per heavy atom. The largest absolute Gasteiger partial charge is 0.379 e. The van der Waals surface area contributed by atoms with Crippen LogP contribution in [0, 0.1) is 10.8 Å². The third kappa shape index (κ3) is 9.25. The summed E-state index contributed by atoms with van der Waals surface area (Å²) in [6, 6.07) is 9.00. The van der Waals surface area contributed by atoms with Gasteiger partial charge < -0.3 is 9.47 Å². The Morgan fingerprint density at radius 3 is 1.89 bits per heavy atom. The van der Waals surface area contributed by atoms with Crippen molar-refractivity contribution in [3.05, 3.63) is 35.4 Å². The molecule has 0 aliphatic carbocycles. The Kier molecular flexibility index (Phi) is 8.56. The molecule has 0 amide bonds. The first-order valence-electron chi connectivity index (χ1n) is 10.6. The molecule has 1 aromatic rings. The van der Waals surface area contributed by atoms with E-state index in [1.807, 2.05) is 0 Å². The van der Waals surface area contributed by atoms with Gasteiger partial charge in [0.2, 0.25) is 0 Å². The zero-order chi connectivity index (χ0) is 20.9. The Balaban J connectivity index is 2.63. The Labute approximate surface area is 169 Å². The molecule has 0 aromatic heterocycles. The molecule has 1 rings (SSSR count). The smallest absolute Gasteiger partial charge is 0.0724 e. The average molecular weight is 377 g/mol. The van der Waals surface area contributed by atoms with Gasteiger partial charge in [0, 0.05) is 6.61 Å². The lowest BCUT2D eigenvalue weighted by Gasteiger charge is -2.38. The van der Waals surface area contributed by atoms with Crippen molar-refractivity contribution < 1.29 is 9.47 Å². The summed E-state index contributed by atoms with van der Waals surface area (Å²) in [5.74, 6) is 0.524. The predicted octanol–water partition coefficient (Wildman–Crippen LogP) is 7.36. The maximum atomic E-state index is 6.15. The summed E-state index contributed by atoms with van der Waals surface area (Å²) in [5.41, 5.74) is 3.09. The van der Waals surface area contributed by atoms with Crippen LogP contribution < -0.4 is 0 Å². The number of rotatable bonds is 10. The van der Waals surface area contributed by atoms with Gasteiger partial charge in [-0.3, -0.25) is 0 Å². The number of ether oxygens (including phenoxy) is 2. The van der Waals surface area contributed by atoms with Crippen molar-refractivity contribution in [2.45, 2.75) is 106 Å². The summed E-state index contributed by atoms with van der Waals surface area (Å²) in [6.45, 7) is 23.9. The minimum Gasteiger partial charge on any atom is -0.379 e. The monoisotopic (exact) mass is 376 g/mol. The van der Waals surface area contributed by atoms with Gasteiger partial charge in [-0.2, -0.15) is 0 Å². The maximum Gasteiger partial charge on any atom is 0.0724 e. The molecule has 0 bridgehead atoms. The van der Waals surface area contributed by atoms with Gasteiger partial charge in [-0.05, 0) is 68.4 Å². The number of hydrogen-bond acceptors (Lipinski definition) is 2. The van der Waals surface area contributed by atoms with Crippen LogP contribution in [0.15, 0.2) is 24.3 Å². The van der Waals surface area contributed by atoms with Crippen LogP contribution in [0.5, 0.6) is 0 Å². The highest BCUT2D eigenvalue weighted by Gasteiger charge is 2.31.